The predicted octanol–water partition coefficient (Wildman–Crippen LogP) is 3.20. The number of hydrogen-bond acceptors (Lipinski definition) is 4. The molecule has 1 aromatic heterocycles. The molecule has 0 aliphatic heterocycles. The summed E-state index contributed by atoms with van der Waals surface area (Å²) in [5, 5.41) is 9.13. The number of nitrogens with zero attached hydrogens (tertiary/aromatic N) is 2. The summed E-state index contributed by atoms with van der Waals surface area (Å²) in [4.78, 5) is 4.34. The molecule has 0 saturated heterocycles. The van der Waals surface area contributed by atoms with E-state index in [0.29, 0.717) is 11.3 Å². The maximum atomic E-state index is 9.13. The van der Waals surface area contributed by atoms with Gasteiger partial charge in [0.15, 0.2) is 5.75 Å². The number of nitriles is 1. The maximum Gasteiger partial charge on any atom is 0.154 e. The first-order valence-electron chi connectivity index (χ1n) is 6.34. The van der Waals surface area contributed by atoms with Crippen molar-refractivity contribution >= 4 is 0 Å². The summed E-state index contributed by atoms with van der Waals surface area (Å²) in [6.45, 7) is 2.07. The number of hydrogen-bond donors (Lipinski definition) is 0. The van der Waals surface area contributed by atoms with Gasteiger partial charge in [-0.2, -0.15) is 5.26 Å². The highest BCUT2D eigenvalue weighted by Gasteiger charge is 2.09. The standard InChI is InChI=1S/C16H16N2O2/c1-4-11-7-12(5-6-15(11)19-2)14-8-13(9-17)16(20-3)10-18-14/h5-8,10H,4H2,1-3H3. The largest absolute Gasteiger partial charge is 0.496 e. The number of methoxy groups -OCH3 is 2. The molecule has 0 radical (unpaired) electrons. The molecule has 2 aromatic rings. The molecule has 102 valence electrons. The Labute approximate surface area is 118 Å². The Bertz CT molecular complexity index is 660. The number of aromatic nitrogens is 1. The minimum Gasteiger partial charge on any atom is -0.496 e. The van der Waals surface area contributed by atoms with Gasteiger partial charge in [-0.05, 0) is 36.2 Å². The van der Waals surface area contributed by atoms with E-state index in [-0.39, 0.29) is 0 Å². The van der Waals surface area contributed by atoms with Crippen molar-refractivity contribution in [2.75, 3.05) is 14.2 Å². The quantitative estimate of drug-likeness (QED) is 0.854. The molecule has 0 amide bonds. The third kappa shape index (κ3) is 2.57. The molecule has 4 heteroatoms. The molecular formula is C16H16N2O2. The van der Waals surface area contributed by atoms with Crippen LogP contribution in [-0.4, -0.2) is 19.2 Å². The monoisotopic (exact) mass is 268 g/mol. The van der Waals surface area contributed by atoms with Crippen molar-refractivity contribution in [3.63, 3.8) is 0 Å². The summed E-state index contributed by atoms with van der Waals surface area (Å²) in [5.74, 6) is 1.35. The smallest absolute Gasteiger partial charge is 0.154 e. The summed E-state index contributed by atoms with van der Waals surface area (Å²) >= 11 is 0. The van der Waals surface area contributed by atoms with Gasteiger partial charge in [-0.15, -0.1) is 0 Å². The topological polar surface area (TPSA) is 55.1 Å². The summed E-state index contributed by atoms with van der Waals surface area (Å²) in [6.07, 6.45) is 2.45. The normalized spacial score (nSPS) is 9.90. The second-order valence-corrected chi connectivity index (χ2v) is 4.26. The van der Waals surface area contributed by atoms with Crippen molar-refractivity contribution in [1.29, 1.82) is 5.26 Å². The van der Waals surface area contributed by atoms with Crippen LogP contribution >= 0.6 is 0 Å². The molecule has 0 aliphatic carbocycles. The van der Waals surface area contributed by atoms with Crippen molar-refractivity contribution in [3.05, 3.63) is 41.6 Å². The fourth-order valence-corrected chi connectivity index (χ4v) is 2.06. The van der Waals surface area contributed by atoms with E-state index < -0.39 is 0 Å². The van der Waals surface area contributed by atoms with Crippen LogP contribution in [0.4, 0.5) is 0 Å². The zero-order valence-corrected chi connectivity index (χ0v) is 11.8. The number of rotatable bonds is 4. The van der Waals surface area contributed by atoms with Crippen LogP contribution in [0, 0.1) is 11.3 Å². The van der Waals surface area contributed by atoms with Crippen molar-refractivity contribution in [2.45, 2.75) is 13.3 Å². The Morgan fingerprint density at radius 1 is 1.15 bits per heavy atom. The molecule has 1 aromatic carbocycles. The Hall–Kier alpha value is -2.54. The van der Waals surface area contributed by atoms with Crippen molar-refractivity contribution < 1.29 is 9.47 Å². The van der Waals surface area contributed by atoms with Crippen LogP contribution in [0.5, 0.6) is 11.5 Å². The lowest BCUT2D eigenvalue weighted by Gasteiger charge is -2.10. The molecule has 0 bridgehead atoms. The van der Waals surface area contributed by atoms with Crippen LogP contribution in [0.1, 0.15) is 18.1 Å². The molecule has 0 N–H and O–H groups in total. The summed E-state index contributed by atoms with van der Waals surface area (Å²) in [5.41, 5.74) is 3.30. The van der Waals surface area contributed by atoms with E-state index in [4.69, 9.17) is 14.7 Å². The van der Waals surface area contributed by atoms with Crippen molar-refractivity contribution in [2.24, 2.45) is 0 Å². The summed E-state index contributed by atoms with van der Waals surface area (Å²) in [7, 11) is 3.19. The first kappa shape index (κ1) is 13.9. The zero-order valence-electron chi connectivity index (χ0n) is 11.8. The number of aryl methyl sites for hydroxylation is 1. The van der Waals surface area contributed by atoms with Gasteiger partial charge in [0.25, 0.3) is 0 Å². The first-order valence-corrected chi connectivity index (χ1v) is 6.34. The van der Waals surface area contributed by atoms with Gasteiger partial charge >= 0.3 is 0 Å². The zero-order chi connectivity index (χ0) is 14.5. The average Bonchev–Trinajstić information content (AvgIpc) is 2.53. The van der Waals surface area contributed by atoms with E-state index in [0.717, 1.165) is 29.0 Å². The lowest BCUT2D eigenvalue weighted by Crippen LogP contribution is -1.94. The Morgan fingerprint density at radius 3 is 2.50 bits per heavy atom. The van der Waals surface area contributed by atoms with E-state index in [1.165, 1.54) is 7.11 Å². The summed E-state index contributed by atoms with van der Waals surface area (Å²) < 4.78 is 10.4. The van der Waals surface area contributed by atoms with Crippen LogP contribution in [0.2, 0.25) is 0 Å². The molecule has 0 fully saturated rings. The Kier molecular flexibility index (Phi) is 4.21. The fourth-order valence-electron chi connectivity index (χ4n) is 2.06. The molecule has 0 atom stereocenters. The molecule has 4 nitrogen and oxygen atoms in total. The number of pyridine rings is 1. The number of ether oxygens (including phenoxy) is 2. The van der Waals surface area contributed by atoms with Crippen LogP contribution in [-0.2, 0) is 6.42 Å². The highest BCUT2D eigenvalue weighted by molar-refractivity contribution is 5.65. The van der Waals surface area contributed by atoms with Gasteiger partial charge in [-0.3, -0.25) is 4.98 Å². The predicted molar refractivity (Wildman–Crippen MR) is 76.9 cm³/mol. The molecule has 0 aliphatic rings. The highest BCUT2D eigenvalue weighted by atomic mass is 16.5. The van der Waals surface area contributed by atoms with E-state index in [1.54, 1.807) is 19.4 Å². The second-order valence-electron chi connectivity index (χ2n) is 4.26. The van der Waals surface area contributed by atoms with E-state index >= 15 is 0 Å². The Balaban J connectivity index is 2.49. The summed E-state index contributed by atoms with van der Waals surface area (Å²) in [6, 6.07) is 9.75. The Morgan fingerprint density at radius 2 is 1.90 bits per heavy atom. The molecule has 0 unspecified atom stereocenters. The number of benzene rings is 1. The van der Waals surface area contributed by atoms with Crippen LogP contribution in [0.3, 0.4) is 0 Å². The van der Waals surface area contributed by atoms with Gasteiger partial charge in [0, 0.05) is 5.56 Å². The van der Waals surface area contributed by atoms with E-state index in [2.05, 4.69) is 18.0 Å². The SMILES string of the molecule is CCc1cc(-c2cc(C#N)c(OC)cn2)ccc1OC. The lowest BCUT2D eigenvalue weighted by atomic mass is 10.0. The molecule has 0 spiro atoms. The second kappa shape index (κ2) is 6.07. The van der Waals surface area contributed by atoms with Crippen LogP contribution in [0.15, 0.2) is 30.5 Å². The third-order valence-electron chi connectivity index (χ3n) is 3.16. The van der Waals surface area contributed by atoms with Gasteiger partial charge in [-0.25, -0.2) is 0 Å². The third-order valence-corrected chi connectivity index (χ3v) is 3.16. The molecule has 0 saturated carbocycles. The average molecular weight is 268 g/mol. The van der Waals surface area contributed by atoms with E-state index in [1.807, 2.05) is 18.2 Å². The van der Waals surface area contributed by atoms with Crippen molar-refractivity contribution in [1.82, 2.24) is 4.98 Å². The lowest BCUT2D eigenvalue weighted by molar-refractivity contribution is 0.410. The van der Waals surface area contributed by atoms with Gasteiger partial charge < -0.3 is 9.47 Å². The minimum absolute atomic E-state index is 0.478. The van der Waals surface area contributed by atoms with Gasteiger partial charge in [0.05, 0.1) is 31.7 Å². The van der Waals surface area contributed by atoms with Gasteiger partial charge in [0.2, 0.25) is 0 Å². The minimum atomic E-state index is 0.478. The van der Waals surface area contributed by atoms with Crippen LogP contribution < -0.4 is 9.47 Å². The van der Waals surface area contributed by atoms with Gasteiger partial charge in [0.1, 0.15) is 11.8 Å². The van der Waals surface area contributed by atoms with Crippen molar-refractivity contribution in [3.8, 4) is 28.8 Å². The van der Waals surface area contributed by atoms with E-state index in [9.17, 15) is 0 Å². The first-order chi connectivity index (χ1) is 9.73. The maximum absolute atomic E-state index is 9.13. The highest BCUT2D eigenvalue weighted by Crippen LogP contribution is 2.28. The fraction of sp³-hybridized carbons (Fsp3) is 0.250. The van der Waals surface area contributed by atoms with Gasteiger partial charge in [-0.1, -0.05) is 6.92 Å². The molecule has 20 heavy (non-hydrogen) atoms. The molecular weight excluding hydrogens is 252 g/mol. The van der Waals surface area contributed by atoms with Crippen LogP contribution in [0.25, 0.3) is 11.3 Å². The molecule has 2 rings (SSSR count). The molecule has 1 heterocycles.